The largest absolute Gasteiger partial charge is 0.481 e. The number of carbonyl (C=O) groups is 1. The summed E-state index contributed by atoms with van der Waals surface area (Å²) in [5.74, 6) is -0.253. The number of piperazine rings is 1. The molecule has 2 saturated heterocycles. The number of hydrogen-bond acceptors (Lipinski definition) is 9. The number of rotatable bonds is 6. The minimum Gasteiger partial charge on any atom is -0.481 e. The molecule has 11 nitrogen and oxygen atoms in total. The van der Waals surface area contributed by atoms with Crippen LogP contribution in [-0.4, -0.2) is 75.4 Å². The van der Waals surface area contributed by atoms with Crippen molar-refractivity contribution >= 4 is 46.7 Å². The molecule has 5 rings (SSSR count). The van der Waals surface area contributed by atoms with Crippen LogP contribution in [0.15, 0.2) is 35.3 Å². The number of aromatic amines is 1. The predicted molar refractivity (Wildman–Crippen MR) is 136 cm³/mol. The summed E-state index contributed by atoms with van der Waals surface area (Å²) in [4.78, 5) is 37.4. The molecule has 0 spiro atoms. The van der Waals surface area contributed by atoms with E-state index in [2.05, 4.69) is 47.8 Å². The topological polar surface area (TPSA) is 139 Å². The van der Waals surface area contributed by atoms with E-state index in [4.69, 9.17) is 0 Å². The molecule has 4 N–H and O–H groups in total. The molecule has 35 heavy (non-hydrogen) atoms. The summed E-state index contributed by atoms with van der Waals surface area (Å²) in [5, 5.41) is 22.6. The quantitative estimate of drug-likeness (QED) is 0.394. The van der Waals surface area contributed by atoms with Crippen LogP contribution in [0, 0.1) is 5.92 Å². The lowest BCUT2D eigenvalue weighted by atomic mass is 9.97. The molecule has 2 aliphatic rings. The summed E-state index contributed by atoms with van der Waals surface area (Å²) < 4.78 is 0. The number of benzene rings is 1. The molecule has 2 aliphatic heterocycles. The summed E-state index contributed by atoms with van der Waals surface area (Å²) in [6.07, 6.45) is 2.57. The molecule has 0 saturated carbocycles. The number of fused-ring (bicyclic) bond motifs is 1. The zero-order valence-corrected chi connectivity index (χ0v) is 20.1. The molecule has 4 heterocycles. The smallest absolute Gasteiger partial charge is 0.306 e. The highest BCUT2D eigenvalue weighted by Crippen LogP contribution is 2.27. The molecule has 0 radical (unpaired) electrons. The third kappa shape index (κ3) is 5.69. The van der Waals surface area contributed by atoms with Crippen molar-refractivity contribution in [3.05, 3.63) is 46.4 Å². The Morgan fingerprint density at radius 1 is 1.09 bits per heavy atom. The molecule has 0 unspecified atom stereocenters. The standard InChI is InChI=1S/C23H28N8O3.ClH/c32-21-19-18(13-25-29-21)27-23(31-9-5-16(6-10-31)22(33)34)28-20(19)26-17-3-1-15(2-4-17)14-30-11-7-24-8-12-30;/h1-4,13,16,24H,5-12,14H2,(H,29,32)(H,33,34)(H,26,27,28);1H. The van der Waals surface area contributed by atoms with Crippen LogP contribution in [0.3, 0.4) is 0 Å². The molecule has 2 aromatic heterocycles. The van der Waals surface area contributed by atoms with E-state index in [0.29, 0.717) is 48.6 Å². The number of aromatic nitrogens is 4. The van der Waals surface area contributed by atoms with Crippen molar-refractivity contribution in [2.24, 2.45) is 5.92 Å². The maximum Gasteiger partial charge on any atom is 0.306 e. The number of anilines is 3. The fourth-order valence-corrected chi connectivity index (χ4v) is 4.51. The predicted octanol–water partition coefficient (Wildman–Crippen LogP) is 1.58. The van der Waals surface area contributed by atoms with E-state index in [1.807, 2.05) is 17.0 Å². The van der Waals surface area contributed by atoms with E-state index in [9.17, 15) is 14.7 Å². The fraction of sp³-hybridized carbons (Fsp3) is 0.435. The van der Waals surface area contributed by atoms with Gasteiger partial charge in [0.1, 0.15) is 16.7 Å². The third-order valence-electron chi connectivity index (χ3n) is 6.46. The zero-order valence-electron chi connectivity index (χ0n) is 19.2. The van der Waals surface area contributed by atoms with Gasteiger partial charge in [-0.3, -0.25) is 14.5 Å². The first-order valence-electron chi connectivity index (χ1n) is 11.6. The highest BCUT2D eigenvalue weighted by atomic mass is 35.5. The van der Waals surface area contributed by atoms with Crippen LogP contribution in [0.2, 0.25) is 0 Å². The molecule has 0 bridgehead atoms. The highest BCUT2D eigenvalue weighted by Gasteiger charge is 2.26. The molecule has 3 aromatic rings. The summed E-state index contributed by atoms with van der Waals surface area (Å²) >= 11 is 0. The monoisotopic (exact) mass is 500 g/mol. The van der Waals surface area contributed by atoms with E-state index >= 15 is 0 Å². The number of aliphatic carboxylic acids is 1. The van der Waals surface area contributed by atoms with Crippen molar-refractivity contribution < 1.29 is 9.90 Å². The summed E-state index contributed by atoms with van der Waals surface area (Å²) in [7, 11) is 0. The van der Waals surface area contributed by atoms with Crippen molar-refractivity contribution in [1.29, 1.82) is 0 Å². The number of H-pyrrole nitrogens is 1. The molecule has 0 amide bonds. The van der Waals surface area contributed by atoms with Crippen LogP contribution in [0.25, 0.3) is 10.9 Å². The molecule has 186 valence electrons. The van der Waals surface area contributed by atoms with E-state index in [1.165, 1.54) is 11.8 Å². The van der Waals surface area contributed by atoms with E-state index < -0.39 is 5.97 Å². The Labute approximate surface area is 208 Å². The number of piperidine rings is 1. The number of nitrogens with zero attached hydrogens (tertiary/aromatic N) is 5. The third-order valence-corrected chi connectivity index (χ3v) is 6.46. The lowest BCUT2D eigenvalue weighted by Gasteiger charge is -2.30. The van der Waals surface area contributed by atoms with Gasteiger partial charge in [0.25, 0.3) is 5.56 Å². The van der Waals surface area contributed by atoms with Crippen molar-refractivity contribution in [1.82, 2.24) is 30.4 Å². The van der Waals surface area contributed by atoms with Crippen molar-refractivity contribution in [2.75, 3.05) is 49.5 Å². The zero-order chi connectivity index (χ0) is 23.5. The van der Waals surface area contributed by atoms with Gasteiger partial charge in [-0.05, 0) is 30.5 Å². The molecule has 2 fully saturated rings. The first-order valence-corrected chi connectivity index (χ1v) is 11.6. The SMILES string of the molecule is Cl.O=C(O)C1CCN(c2nc(Nc3ccc(CN4CCNCC4)cc3)c3c(=O)[nH]ncc3n2)CC1. The first kappa shape index (κ1) is 24.8. The van der Waals surface area contributed by atoms with Gasteiger partial charge >= 0.3 is 5.97 Å². The minimum atomic E-state index is -0.766. The normalized spacial score (nSPS) is 17.2. The van der Waals surface area contributed by atoms with Crippen LogP contribution in [0.1, 0.15) is 18.4 Å². The lowest BCUT2D eigenvalue weighted by molar-refractivity contribution is -0.142. The maximum absolute atomic E-state index is 12.5. The highest BCUT2D eigenvalue weighted by molar-refractivity contribution is 5.90. The van der Waals surface area contributed by atoms with Gasteiger partial charge in [-0.25, -0.2) is 10.1 Å². The lowest BCUT2D eigenvalue weighted by Crippen LogP contribution is -2.42. The average Bonchev–Trinajstić information content (AvgIpc) is 2.86. The van der Waals surface area contributed by atoms with Gasteiger partial charge in [0.15, 0.2) is 0 Å². The van der Waals surface area contributed by atoms with Gasteiger partial charge in [0, 0.05) is 51.5 Å². The summed E-state index contributed by atoms with van der Waals surface area (Å²) in [5.41, 5.74) is 2.11. The minimum absolute atomic E-state index is 0. The van der Waals surface area contributed by atoms with E-state index in [-0.39, 0.29) is 23.9 Å². The number of hydrogen-bond donors (Lipinski definition) is 4. The van der Waals surface area contributed by atoms with Gasteiger partial charge in [-0.15, -0.1) is 12.4 Å². The Morgan fingerprint density at radius 3 is 2.49 bits per heavy atom. The number of halogens is 1. The second kappa shape index (κ2) is 11.0. The second-order valence-corrected chi connectivity index (χ2v) is 8.78. The van der Waals surface area contributed by atoms with Gasteiger partial charge < -0.3 is 20.6 Å². The number of carboxylic acid groups (broad SMARTS) is 1. The van der Waals surface area contributed by atoms with Gasteiger partial charge in [0.2, 0.25) is 5.95 Å². The Hall–Kier alpha value is -3.28. The summed E-state index contributed by atoms with van der Waals surface area (Å²) in [6.45, 7) is 6.09. The molecule has 12 heteroatoms. The first-order chi connectivity index (χ1) is 16.6. The van der Waals surface area contributed by atoms with Crippen LogP contribution in [0.5, 0.6) is 0 Å². The van der Waals surface area contributed by atoms with E-state index in [1.54, 1.807) is 0 Å². The Bertz CT molecular complexity index is 1220. The van der Waals surface area contributed by atoms with Gasteiger partial charge in [-0.2, -0.15) is 10.1 Å². The summed E-state index contributed by atoms with van der Waals surface area (Å²) in [6, 6.07) is 8.13. The van der Waals surface area contributed by atoms with Crippen LogP contribution >= 0.6 is 12.4 Å². The second-order valence-electron chi connectivity index (χ2n) is 8.78. The fourth-order valence-electron chi connectivity index (χ4n) is 4.51. The Kier molecular flexibility index (Phi) is 7.79. The molecular weight excluding hydrogens is 472 g/mol. The van der Waals surface area contributed by atoms with Crippen LogP contribution in [-0.2, 0) is 11.3 Å². The van der Waals surface area contributed by atoms with Crippen molar-refractivity contribution in [3.8, 4) is 0 Å². The molecular formula is C23H29ClN8O3. The molecule has 0 aliphatic carbocycles. The molecule has 1 aromatic carbocycles. The van der Waals surface area contributed by atoms with Crippen molar-refractivity contribution in [2.45, 2.75) is 19.4 Å². The average molecular weight is 501 g/mol. The molecule has 0 atom stereocenters. The van der Waals surface area contributed by atoms with Crippen LogP contribution in [0.4, 0.5) is 17.5 Å². The Balaban J connectivity index is 0.00000289. The van der Waals surface area contributed by atoms with E-state index in [0.717, 1.165) is 38.4 Å². The van der Waals surface area contributed by atoms with Gasteiger partial charge in [0.05, 0.1) is 12.1 Å². The van der Waals surface area contributed by atoms with Crippen molar-refractivity contribution in [3.63, 3.8) is 0 Å². The Morgan fingerprint density at radius 2 is 1.80 bits per heavy atom. The maximum atomic E-state index is 12.5. The van der Waals surface area contributed by atoms with Crippen LogP contribution < -0.4 is 21.1 Å². The van der Waals surface area contributed by atoms with Gasteiger partial charge in [-0.1, -0.05) is 12.1 Å². The number of nitrogens with one attached hydrogen (secondary N) is 3. The number of carboxylic acids is 1.